The second kappa shape index (κ2) is 8.75. The molecule has 3 nitrogen and oxygen atoms in total. The number of nitrogens with one attached hydrogen (secondary N) is 1. The van der Waals surface area contributed by atoms with Gasteiger partial charge in [-0.3, -0.25) is 4.79 Å². The van der Waals surface area contributed by atoms with E-state index < -0.39 is 0 Å². The zero-order chi connectivity index (χ0) is 15.0. The summed E-state index contributed by atoms with van der Waals surface area (Å²) < 4.78 is 0. The van der Waals surface area contributed by atoms with Crippen molar-refractivity contribution < 1.29 is 9.90 Å². The topological polar surface area (TPSA) is 49.3 Å². The van der Waals surface area contributed by atoms with Gasteiger partial charge in [0.1, 0.15) is 0 Å². The molecule has 2 N–H and O–H groups in total. The molecule has 2 atom stereocenters. The largest absolute Gasteiger partial charge is 0.396 e. The van der Waals surface area contributed by atoms with Gasteiger partial charge in [0.15, 0.2) is 0 Å². The van der Waals surface area contributed by atoms with E-state index in [0.29, 0.717) is 6.42 Å². The van der Waals surface area contributed by atoms with Gasteiger partial charge < -0.3 is 10.4 Å². The Morgan fingerprint density at radius 1 is 1.30 bits per heavy atom. The van der Waals surface area contributed by atoms with E-state index in [4.69, 9.17) is 5.11 Å². The molecule has 0 aromatic heterocycles. The van der Waals surface area contributed by atoms with E-state index in [1.807, 2.05) is 6.92 Å². The van der Waals surface area contributed by atoms with Gasteiger partial charge >= 0.3 is 0 Å². The minimum atomic E-state index is 0.0999. The van der Waals surface area contributed by atoms with Crippen molar-refractivity contribution in [2.45, 2.75) is 58.4 Å². The van der Waals surface area contributed by atoms with E-state index in [-0.39, 0.29) is 24.5 Å². The molecule has 1 rings (SSSR count). The highest BCUT2D eigenvalue weighted by atomic mass is 16.2. The number of hydrogen-bond donors (Lipinski definition) is 2. The fourth-order valence-electron chi connectivity index (χ4n) is 2.36. The van der Waals surface area contributed by atoms with Crippen molar-refractivity contribution in [3.05, 3.63) is 35.4 Å². The molecule has 3 heteroatoms. The summed E-state index contributed by atoms with van der Waals surface area (Å²) in [5.41, 5.74) is 2.47. The smallest absolute Gasteiger partial charge is 0.220 e. The molecule has 0 heterocycles. The number of aliphatic hydroxyl groups is 1. The van der Waals surface area contributed by atoms with Gasteiger partial charge in [-0.25, -0.2) is 0 Å². The number of benzene rings is 1. The highest BCUT2D eigenvalue weighted by Gasteiger charge is 2.15. The average Bonchev–Trinajstić information content (AvgIpc) is 2.43. The molecule has 0 saturated heterocycles. The van der Waals surface area contributed by atoms with Crippen molar-refractivity contribution in [2.75, 3.05) is 6.61 Å². The average molecular weight is 277 g/mol. The van der Waals surface area contributed by atoms with Gasteiger partial charge in [0.05, 0.1) is 0 Å². The molecule has 1 aromatic carbocycles. The number of carbonyl (C=O) groups excluding carboxylic acids is 1. The quantitative estimate of drug-likeness (QED) is 0.767. The summed E-state index contributed by atoms with van der Waals surface area (Å²) >= 11 is 0. The van der Waals surface area contributed by atoms with Gasteiger partial charge in [0.25, 0.3) is 0 Å². The monoisotopic (exact) mass is 277 g/mol. The number of carbonyl (C=O) groups is 1. The van der Waals surface area contributed by atoms with Crippen LogP contribution in [0.4, 0.5) is 0 Å². The molecule has 1 aromatic rings. The lowest BCUT2D eigenvalue weighted by Crippen LogP contribution is -2.33. The third-order valence-electron chi connectivity index (χ3n) is 3.68. The number of aliphatic hydroxyl groups excluding tert-OH is 1. The maximum absolute atomic E-state index is 12.1. The van der Waals surface area contributed by atoms with Gasteiger partial charge in [-0.05, 0) is 44.6 Å². The first-order chi connectivity index (χ1) is 9.56. The Labute approximate surface area is 122 Å². The van der Waals surface area contributed by atoms with Crippen molar-refractivity contribution in [1.82, 2.24) is 5.32 Å². The second-order valence-electron chi connectivity index (χ2n) is 5.55. The molecule has 0 bridgehead atoms. The molecular weight excluding hydrogens is 250 g/mol. The number of amides is 1. The zero-order valence-electron chi connectivity index (χ0n) is 12.9. The Hall–Kier alpha value is -1.35. The minimum absolute atomic E-state index is 0.0999. The van der Waals surface area contributed by atoms with Crippen LogP contribution in [0, 0.1) is 6.92 Å². The van der Waals surface area contributed by atoms with Crippen LogP contribution in [0.3, 0.4) is 0 Å². The maximum atomic E-state index is 12.1. The first kappa shape index (κ1) is 16.7. The first-order valence-corrected chi connectivity index (χ1v) is 7.53. The van der Waals surface area contributed by atoms with Gasteiger partial charge in [-0.15, -0.1) is 0 Å². The molecule has 1 amide bonds. The van der Waals surface area contributed by atoms with Gasteiger partial charge in [0, 0.05) is 19.1 Å². The van der Waals surface area contributed by atoms with Crippen molar-refractivity contribution in [3.63, 3.8) is 0 Å². The maximum Gasteiger partial charge on any atom is 0.220 e. The summed E-state index contributed by atoms with van der Waals surface area (Å²) in [4.78, 5) is 12.1. The standard InChI is InChI=1S/C17H27NO2/c1-4-15(16-9-7-13(2)8-10-16)12-17(20)18-14(3)6-5-11-19/h7-10,14-15,19H,4-6,11-12H2,1-3H3,(H,18,20). The first-order valence-electron chi connectivity index (χ1n) is 7.53. The molecule has 20 heavy (non-hydrogen) atoms. The van der Waals surface area contributed by atoms with Crippen LogP contribution in [0.5, 0.6) is 0 Å². The van der Waals surface area contributed by atoms with E-state index in [1.54, 1.807) is 0 Å². The highest BCUT2D eigenvalue weighted by molar-refractivity contribution is 5.77. The Morgan fingerprint density at radius 3 is 2.50 bits per heavy atom. The minimum Gasteiger partial charge on any atom is -0.396 e. The molecule has 112 valence electrons. The fraction of sp³-hybridized carbons (Fsp3) is 0.588. The molecule has 0 aliphatic carbocycles. The van der Waals surface area contributed by atoms with Crippen LogP contribution in [0.25, 0.3) is 0 Å². The molecule has 0 aliphatic heterocycles. The summed E-state index contributed by atoms with van der Waals surface area (Å²) in [6.45, 7) is 6.36. The van der Waals surface area contributed by atoms with E-state index in [1.165, 1.54) is 11.1 Å². The van der Waals surface area contributed by atoms with Gasteiger partial charge in [-0.1, -0.05) is 36.8 Å². The summed E-state index contributed by atoms with van der Waals surface area (Å²) in [7, 11) is 0. The normalized spacial score (nSPS) is 13.8. The lowest BCUT2D eigenvalue weighted by Gasteiger charge is -2.18. The molecule has 0 radical (unpaired) electrons. The van der Waals surface area contributed by atoms with Crippen LogP contribution in [0.15, 0.2) is 24.3 Å². The molecule has 0 aliphatic rings. The van der Waals surface area contributed by atoms with Crippen LogP contribution in [0.2, 0.25) is 0 Å². The predicted octanol–water partition coefficient (Wildman–Crippen LogP) is 3.16. The Bertz CT molecular complexity index is 400. The molecule has 0 fully saturated rings. The van der Waals surface area contributed by atoms with Gasteiger partial charge in [0.2, 0.25) is 5.91 Å². The van der Waals surface area contributed by atoms with E-state index in [9.17, 15) is 4.79 Å². The molecule has 2 unspecified atom stereocenters. The number of rotatable bonds is 8. The summed E-state index contributed by atoms with van der Waals surface area (Å²) in [6.07, 6.45) is 3.05. The van der Waals surface area contributed by atoms with Crippen molar-refractivity contribution in [1.29, 1.82) is 0 Å². The summed E-state index contributed by atoms with van der Waals surface area (Å²) in [5.74, 6) is 0.378. The summed E-state index contributed by atoms with van der Waals surface area (Å²) in [5, 5.41) is 11.8. The van der Waals surface area contributed by atoms with E-state index in [2.05, 4.69) is 43.4 Å². The van der Waals surface area contributed by atoms with Crippen LogP contribution in [0.1, 0.15) is 56.6 Å². The Kier molecular flexibility index (Phi) is 7.31. The van der Waals surface area contributed by atoms with Crippen molar-refractivity contribution in [3.8, 4) is 0 Å². The highest BCUT2D eigenvalue weighted by Crippen LogP contribution is 2.23. The number of hydrogen-bond acceptors (Lipinski definition) is 2. The Morgan fingerprint density at radius 2 is 1.95 bits per heavy atom. The van der Waals surface area contributed by atoms with Crippen molar-refractivity contribution in [2.24, 2.45) is 0 Å². The molecule has 0 spiro atoms. The number of aryl methyl sites for hydroxylation is 1. The Balaban J connectivity index is 2.51. The fourth-order valence-corrected chi connectivity index (χ4v) is 2.36. The third-order valence-corrected chi connectivity index (χ3v) is 3.68. The zero-order valence-corrected chi connectivity index (χ0v) is 12.9. The predicted molar refractivity (Wildman–Crippen MR) is 82.8 cm³/mol. The van der Waals surface area contributed by atoms with E-state index in [0.717, 1.165) is 19.3 Å². The summed E-state index contributed by atoms with van der Waals surface area (Å²) in [6, 6.07) is 8.56. The van der Waals surface area contributed by atoms with Crippen LogP contribution in [-0.2, 0) is 4.79 Å². The van der Waals surface area contributed by atoms with Crippen molar-refractivity contribution >= 4 is 5.91 Å². The second-order valence-corrected chi connectivity index (χ2v) is 5.55. The molecular formula is C17H27NO2. The van der Waals surface area contributed by atoms with E-state index >= 15 is 0 Å². The van der Waals surface area contributed by atoms with Crippen LogP contribution < -0.4 is 5.32 Å². The van der Waals surface area contributed by atoms with Crippen LogP contribution in [-0.4, -0.2) is 23.7 Å². The van der Waals surface area contributed by atoms with Gasteiger partial charge in [-0.2, -0.15) is 0 Å². The SMILES string of the molecule is CCC(CC(=O)NC(C)CCCO)c1ccc(C)cc1. The lowest BCUT2D eigenvalue weighted by molar-refractivity contribution is -0.122. The van der Waals surface area contributed by atoms with Crippen LogP contribution >= 0.6 is 0 Å². The lowest BCUT2D eigenvalue weighted by atomic mass is 9.92. The molecule has 0 saturated carbocycles. The third kappa shape index (κ3) is 5.74.